The van der Waals surface area contributed by atoms with Gasteiger partial charge in [-0.3, -0.25) is 4.79 Å². The molecule has 0 radical (unpaired) electrons. The Morgan fingerprint density at radius 3 is 2.52 bits per heavy atom. The fourth-order valence-electron chi connectivity index (χ4n) is 2.32. The van der Waals surface area contributed by atoms with Crippen molar-refractivity contribution in [2.24, 2.45) is 0 Å². The average Bonchev–Trinajstić information content (AvgIpc) is 2.99. The van der Waals surface area contributed by atoms with Crippen LogP contribution in [0.3, 0.4) is 0 Å². The van der Waals surface area contributed by atoms with Crippen LogP contribution in [0.5, 0.6) is 0 Å². The van der Waals surface area contributed by atoms with Crippen molar-refractivity contribution in [3.8, 4) is 5.69 Å². The monoisotopic (exact) mass is 341 g/mol. The number of hydrogen-bond acceptors (Lipinski definition) is 4. The number of nitrogens with one attached hydrogen (secondary N) is 1. The highest BCUT2D eigenvalue weighted by molar-refractivity contribution is 5.78. The van der Waals surface area contributed by atoms with E-state index in [0.717, 1.165) is 4.68 Å². The molecule has 3 aromatic rings. The van der Waals surface area contributed by atoms with E-state index in [0.29, 0.717) is 11.3 Å². The summed E-state index contributed by atoms with van der Waals surface area (Å²) in [4.78, 5) is 24.1. The highest BCUT2D eigenvalue weighted by Crippen LogP contribution is 2.06. The number of amides is 1. The first kappa shape index (κ1) is 16.6. The quantitative estimate of drug-likeness (QED) is 0.723. The fourth-order valence-corrected chi connectivity index (χ4v) is 2.32. The Bertz CT molecular complexity index is 920. The zero-order valence-electron chi connectivity index (χ0n) is 13.3. The number of aromatic nitrogens is 4. The number of benzene rings is 2. The van der Waals surface area contributed by atoms with Crippen LogP contribution in [0.1, 0.15) is 5.56 Å². The van der Waals surface area contributed by atoms with Crippen LogP contribution < -0.4 is 11.0 Å². The lowest BCUT2D eigenvalue weighted by Gasteiger charge is -2.05. The van der Waals surface area contributed by atoms with Crippen molar-refractivity contribution in [1.29, 1.82) is 0 Å². The van der Waals surface area contributed by atoms with Gasteiger partial charge in [-0.1, -0.05) is 36.4 Å². The highest BCUT2D eigenvalue weighted by atomic mass is 19.1. The van der Waals surface area contributed by atoms with E-state index in [1.807, 2.05) is 6.07 Å². The Morgan fingerprint density at radius 1 is 1.04 bits per heavy atom. The number of halogens is 1. The zero-order chi connectivity index (χ0) is 17.6. The van der Waals surface area contributed by atoms with Crippen LogP contribution in [0.2, 0.25) is 0 Å². The van der Waals surface area contributed by atoms with Gasteiger partial charge in [-0.05, 0) is 34.2 Å². The third-order valence-corrected chi connectivity index (χ3v) is 3.59. The third kappa shape index (κ3) is 3.97. The van der Waals surface area contributed by atoms with E-state index < -0.39 is 11.5 Å². The standard InChI is InChI=1S/C17H16FN5O2/c18-15-9-5-4-6-13(15)12-16(24)19-10-11-22-17(25)23(21-20-22)14-7-2-1-3-8-14/h1-9H,10-12H2,(H,19,24). The summed E-state index contributed by atoms with van der Waals surface area (Å²) in [6.45, 7) is 0.370. The molecule has 8 heteroatoms. The molecule has 3 rings (SSSR count). The number of rotatable bonds is 6. The third-order valence-electron chi connectivity index (χ3n) is 3.59. The van der Waals surface area contributed by atoms with Crippen LogP contribution in [0, 0.1) is 5.82 Å². The molecule has 7 nitrogen and oxygen atoms in total. The van der Waals surface area contributed by atoms with Gasteiger partial charge < -0.3 is 5.32 Å². The Labute approximate surface area is 142 Å². The van der Waals surface area contributed by atoms with E-state index in [1.54, 1.807) is 42.5 Å². The van der Waals surface area contributed by atoms with E-state index in [9.17, 15) is 14.0 Å². The molecule has 0 aliphatic rings. The second-order valence-electron chi connectivity index (χ2n) is 5.35. The molecule has 128 valence electrons. The molecule has 0 fully saturated rings. The first-order valence-electron chi connectivity index (χ1n) is 7.73. The number of hydrogen-bond donors (Lipinski definition) is 1. The summed E-state index contributed by atoms with van der Waals surface area (Å²) in [7, 11) is 0. The summed E-state index contributed by atoms with van der Waals surface area (Å²) in [5, 5.41) is 10.3. The van der Waals surface area contributed by atoms with E-state index in [2.05, 4.69) is 15.7 Å². The van der Waals surface area contributed by atoms with Gasteiger partial charge in [0.15, 0.2) is 0 Å². The summed E-state index contributed by atoms with van der Waals surface area (Å²) >= 11 is 0. The molecule has 0 bridgehead atoms. The maximum Gasteiger partial charge on any atom is 0.368 e. The number of carbonyl (C=O) groups is 1. The predicted molar refractivity (Wildman–Crippen MR) is 88.7 cm³/mol. The van der Waals surface area contributed by atoms with Gasteiger partial charge in [-0.2, -0.15) is 9.36 Å². The van der Waals surface area contributed by atoms with Gasteiger partial charge in [-0.15, -0.1) is 0 Å². The van der Waals surface area contributed by atoms with E-state index in [4.69, 9.17) is 0 Å². The van der Waals surface area contributed by atoms with Crippen LogP contribution in [0.4, 0.5) is 4.39 Å². The van der Waals surface area contributed by atoms with E-state index >= 15 is 0 Å². The minimum Gasteiger partial charge on any atom is -0.354 e. The molecule has 1 aromatic heterocycles. The van der Waals surface area contributed by atoms with Crippen molar-refractivity contribution in [2.75, 3.05) is 6.54 Å². The second kappa shape index (κ2) is 7.52. The van der Waals surface area contributed by atoms with Crippen LogP contribution >= 0.6 is 0 Å². The molecule has 1 N–H and O–H groups in total. The van der Waals surface area contributed by atoms with Crippen LogP contribution in [-0.2, 0) is 17.8 Å². The lowest BCUT2D eigenvalue weighted by Crippen LogP contribution is -2.32. The van der Waals surface area contributed by atoms with Crippen molar-refractivity contribution in [3.05, 3.63) is 76.5 Å². The first-order valence-corrected chi connectivity index (χ1v) is 7.73. The first-order chi connectivity index (χ1) is 12.1. The van der Waals surface area contributed by atoms with Gasteiger partial charge in [-0.25, -0.2) is 9.18 Å². The van der Waals surface area contributed by atoms with Crippen molar-refractivity contribution < 1.29 is 9.18 Å². The van der Waals surface area contributed by atoms with Gasteiger partial charge in [0, 0.05) is 6.54 Å². The fraction of sp³-hybridized carbons (Fsp3) is 0.176. The Hall–Kier alpha value is -3.29. The molecule has 0 unspecified atom stereocenters. The Morgan fingerprint density at radius 2 is 1.76 bits per heavy atom. The zero-order valence-corrected chi connectivity index (χ0v) is 13.3. The van der Waals surface area contributed by atoms with Crippen molar-refractivity contribution in [1.82, 2.24) is 25.1 Å². The maximum atomic E-state index is 13.5. The minimum absolute atomic E-state index is 0.0573. The van der Waals surface area contributed by atoms with Crippen molar-refractivity contribution in [3.63, 3.8) is 0 Å². The number of tetrazole rings is 1. The highest BCUT2D eigenvalue weighted by Gasteiger charge is 2.10. The Kier molecular flexibility index (Phi) is 4.98. The molecular formula is C17H16FN5O2. The summed E-state index contributed by atoms with van der Waals surface area (Å²) in [5.41, 5.74) is 0.545. The number of para-hydroxylation sites is 1. The van der Waals surface area contributed by atoms with Crippen LogP contribution in [0.25, 0.3) is 5.69 Å². The van der Waals surface area contributed by atoms with Gasteiger partial charge in [0.2, 0.25) is 5.91 Å². The molecule has 2 aromatic carbocycles. The van der Waals surface area contributed by atoms with Gasteiger partial charge >= 0.3 is 5.69 Å². The van der Waals surface area contributed by atoms with Crippen LogP contribution in [-0.4, -0.2) is 32.2 Å². The molecule has 0 saturated heterocycles. The molecule has 0 aliphatic heterocycles. The molecule has 1 heterocycles. The molecule has 0 aliphatic carbocycles. The van der Waals surface area contributed by atoms with Crippen LogP contribution in [0.15, 0.2) is 59.4 Å². The lowest BCUT2D eigenvalue weighted by atomic mass is 10.1. The summed E-state index contributed by atoms with van der Waals surface area (Å²) < 4.78 is 15.9. The lowest BCUT2D eigenvalue weighted by molar-refractivity contribution is -0.120. The summed E-state index contributed by atoms with van der Waals surface area (Å²) in [6.07, 6.45) is -0.0573. The molecule has 0 atom stereocenters. The average molecular weight is 341 g/mol. The Balaban J connectivity index is 1.56. The van der Waals surface area contributed by atoms with E-state index in [-0.39, 0.29) is 25.4 Å². The van der Waals surface area contributed by atoms with Crippen molar-refractivity contribution in [2.45, 2.75) is 13.0 Å². The summed E-state index contributed by atoms with van der Waals surface area (Å²) in [6, 6.07) is 15.0. The van der Waals surface area contributed by atoms with Gasteiger partial charge in [0.25, 0.3) is 0 Å². The maximum absolute atomic E-state index is 13.5. The second-order valence-corrected chi connectivity index (χ2v) is 5.35. The molecule has 25 heavy (non-hydrogen) atoms. The smallest absolute Gasteiger partial charge is 0.354 e. The normalized spacial score (nSPS) is 10.6. The topological polar surface area (TPSA) is 81.8 Å². The largest absolute Gasteiger partial charge is 0.368 e. The number of nitrogens with zero attached hydrogens (tertiary/aromatic N) is 4. The van der Waals surface area contributed by atoms with Crippen molar-refractivity contribution >= 4 is 5.91 Å². The minimum atomic E-state index is -0.417. The summed E-state index contributed by atoms with van der Waals surface area (Å²) in [5.74, 6) is -0.742. The van der Waals surface area contributed by atoms with E-state index in [1.165, 1.54) is 10.7 Å². The molecule has 0 saturated carbocycles. The van der Waals surface area contributed by atoms with Gasteiger partial charge in [0.05, 0.1) is 18.7 Å². The van der Waals surface area contributed by atoms with Gasteiger partial charge in [0.1, 0.15) is 5.82 Å². The molecular weight excluding hydrogens is 325 g/mol. The molecule has 0 spiro atoms. The predicted octanol–water partition coefficient (Wildman–Crippen LogP) is 0.927. The SMILES string of the molecule is O=C(Cc1ccccc1F)NCCn1nnn(-c2ccccc2)c1=O. The number of carbonyl (C=O) groups excluding carboxylic acids is 1. The molecule has 1 amide bonds.